The van der Waals surface area contributed by atoms with Crippen molar-refractivity contribution in [2.75, 3.05) is 9.80 Å². The molecular weight excluding hydrogens is 789 g/mol. The Morgan fingerprint density at radius 2 is 0.938 bits per heavy atom. The minimum absolute atomic E-state index is 0.0858. The van der Waals surface area contributed by atoms with Crippen LogP contribution in [0.15, 0.2) is 243 Å². The van der Waals surface area contributed by atoms with Gasteiger partial charge in [-0.3, -0.25) is 0 Å². The number of nitrogens with zero attached hydrogens (tertiary/aromatic N) is 3. The van der Waals surface area contributed by atoms with E-state index >= 15 is 0 Å². The SMILES string of the molecule is c1ccc(-c2ccc(N3c4ccc(-c5ccccc5)cc4B4c5cc6c(cc5Oc5cccc3c54)c3ccc(N(c4ccccc4)c4ccccc4)cc3n6-c3ccccc3)cc2)cc1. The predicted molar refractivity (Wildman–Crippen MR) is 272 cm³/mol. The van der Waals surface area contributed by atoms with E-state index < -0.39 is 0 Å². The van der Waals surface area contributed by atoms with Gasteiger partial charge in [-0.25, -0.2) is 0 Å². The molecule has 2 aliphatic rings. The van der Waals surface area contributed by atoms with Crippen LogP contribution in [-0.4, -0.2) is 11.3 Å². The molecule has 10 aromatic carbocycles. The molecule has 1 aromatic heterocycles. The lowest BCUT2D eigenvalue weighted by molar-refractivity contribution is 0.488. The van der Waals surface area contributed by atoms with Gasteiger partial charge in [0.05, 0.1) is 11.0 Å². The number of anilines is 6. The van der Waals surface area contributed by atoms with Gasteiger partial charge in [0.2, 0.25) is 0 Å². The third kappa shape index (κ3) is 6.08. The minimum Gasteiger partial charge on any atom is -0.458 e. The van der Waals surface area contributed by atoms with Crippen molar-refractivity contribution >= 4 is 79.0 Å². The Kier molecular flexibility index (Phi) is 8.60. The Labute approximate surface area is 378 Å². The molecule has 5 heteroatoms. The van der Waals surface area contributed by atoms with Crippen molar-refractivity contribution in [2.24, 2.45) is 0 Å². The van der Waals surface area contributed by atoms with Crippen molar-refractivity contribution in [3.05, 3.63) is 243 Å². The third-order valence-electron chi connectivity index (χ3n) is 13.2. The molecule has 65 heavy (non-hydrogen) atoms. The maximum absolute atomic E-state index is 7.12. The standard InChI is InChI=1S/C60H40BN3O/c1-6-17-41(18-7-1)43-29-32-48(33-30-43)63-54-36-31-44(42-19-8-2-9-20-42)37-52(54)61-53-40-57-51(39-59(53)65-58-28-16-27-55(63)60(58)61)50-35-34-49(38-56(50)64(57)47-25-14-5-15-26-47)62(45-21-10-3-11-22-45)46-23-12-4-13-24-46/h1-40H. The molecule has 0 unspecified atom stereocenters. The lowest BCUT2D eigenvalue weighted by atomic mass is 9.34. The Hall–Kier alpha value is -8.54. The number of aromatic nitrogens is 1. The summed E-state index contributed by atoms with van der Waals surface area (Å²) in [6.07, 6.45) is 0. The fraction of sp³-hybridized carbons (Fsp3) is 0. The first-order chi connectivity index (χ1) is 32.2. The predicted octanol–water partition coefficient (Wildman–Crippen LogP) is 14.0. The minimum atomic E-state index is -0.0858. The van der Waals surface area contributed by atoms with E-state index in [2.05, 4.69) is 257 Å². The molecule has 4 nitrogen and oxygen atoms in total. The van der Waals surface area contributed by atoms with Gasteiger partial charge in [0, 0.05) is 50.6 Å². The van der Waals surface area contributed by atoms with Gasteiger partial charge < -0.3 is 19.1 Å². The van der Waals surface area contributed by atoms with Crippen LogP contribution in [0.25, 0.3) is 49.7 Å². The van der Waals surface area contributed by atoms with E-state index in [1.165, 1.54) is 38.6 Å². The molecular formula is C60H40BN3O. The van der Waals surface area contributed by atoms with Gasteiger partial charge in [-0.15, -0.1) is 0 Å². The molecule has 304 valence electrons. The number of rotatable bonds is 7. The topological polar surface area (TPSA) is 20.6 Å². The number of para-hydroxylation sites is 3. The second kappa shape index (κ2) is 15.1. The van der Waals surface area contributed by atoms with Crippen molar-refractivity contribution in [3.8, 4) is 39.4 Å². The summed E-state index contributed by atoms with van der Waals surface area (Å²) < 4.78 is 9.56. The normalized spacial score (nSPS) is 12.4. The summed E-state index contributed by atoms with van der Waals surface area (Å²) in [5.41, 5.74) is 18.4. The summed E-state index contributed by atoms with van der Waals surface area (Å²) in [7, 11) is 0. The molecule has 0 bridgehead atoms. The first-order valence-electron chi connectivity index (χ1n) is 22.3. The van der Waals surface area contributed by atoms with Crippen molar-refractivity contribution < 1.29 is 4.74 Å². The van der Waals surface area contributed by atoms with Gasteiger partial charge in [0.25, 0.3) is 6.71 Å². The number of benzene rings is 10. The van der Waals surface area contributed by atoms with Gasteiger partial charge in [-0.05, 0) is 130 Å². The van der Waals surface area contributed by atoms with Crippen LogP contribution in [0.2, 0.25) is 0 Å². The van der Waals surface area contributed by atoms with Crippen LogP contribution in [-0.2, 0) is 0 Å². The van der Waals surface area contributed by atoms with Crippen LogP contribution >= 0.6 is 0 Å². The zero-order chi connectivity index (χ0) is 42.8. The van der Waals surface area contributed by atoms with Crippen LogP contribution in [0.1, 0.15) is 0 Å². The molecule has 0 aliphatic carbocycles. The summed E-state index contributed by atoms with van der Waals surface area (Å²) in [4.78, 5) is 4.76. The second-order valence-corrected chi connectivity index (χ2v) is 16.9. The summed E-state index contributed by atoms with van der Waals surface area (Å²) in [6.45, 7) is -0.0858. The van der Waals surface area contributed by atoms with E-state index in [-0.39, 0.29) is 6.71 Å². The molecule has 0 saturated heterocycles. The maximum Gasteiger partial charge on any atom is 0.256 e. The lowest BCUT2D eigenvalue weighted by Crippen LogP contribution is -2.59. The van der Waals surface area contributed by atoms with E-state index in [1.807, 2.05) is 0 Å². The van der Waals surface area contributed by atoms with Gasteiger partial charge in [0.15, 0.2) is 0 Å². The molecule has 3 heterocycles. The second-order valence-electron chi connectivity index (χ2n) is 16.9. The Morgan fingerprint density at radius 3 is 1.62 bits per heavy atom. The van der Waals surface area contributed by atoms with E-state index in [9.17, 15) is 0 Å². The summed E-state index contributed by atoms with van der Waals surface area (Å²) in [5, 5.41) is 2.31. The van der Waals surface area contributed by atoms with Crippen molar-refractivity contribution in [2.45, 2.75) is 0 Å². The molecule has 0 atom stereocenters. The van der Waals surface area contributed by atoms with Gasteiger partial charge in [-0.2, -0.15) is 0 Å². The highest BCUT2D eigenvalue weighted by Gasteiger charge is 2.42. The molecule has 0 saturated carbocycles. The maximum atomic E-state index is 7.12. The van der Waals surface area contributed by atoms with E-state index in [4.69, 9.17) is 4.74 Å². The fourth-order valence-corrected chi connectivity index (χ4v) is 10.3. The molecule has 0 spiro atoms. The van der Waals surface area contributed by atoms with Crippen LogP contribution in [0, 0.1) is 0 Å². The van der Waals surface area contributed by atoms with Crippen LogP contribution < -0.4 is 30.9 Å². The van der Waals surface area contributed by atoms with Crippen LogP contribution in [0.4, 0.5) is 34.1 Å². The molecule has 11 aromatic rings. The van der Waals surface area contributed by atoms with Gasteiger partial charge in [0.1, 0.15) is 11.5 Å². The Bertz CT molecular complexity index is 3520. The molecule has 0 radical (unpaired) electrons. The van der Waals surface area contributed by atoms with Crippen LogP contribution in [0.3, 0.4) is 0 Å². The number of hydrogen-bond donors (Lipinski definition) is 0. The zero-order valence-corrected chi connectivity index (χ0v) is 35.4. The van der Waals surface area contributed by atoms with Crippen molar-refractivity contribution in [1.82, 2.24) is 4.57 Å². The lowest BCUT2D eigenvalue weighted by Gasteiger charge is -2.40. The molecule has 0 N–H and O–H groups in total. The van der Waals surface area contributed by atoms with Crippen molar-refractivity contribution in [1.29, 1.82) is 0 Å². The Morgan fingerprint density at radius 1 is 0.354 bits per heavy atom. The summed E-state index contributed by atoms with van der Waals surface area (Å²) >= 11 is 0. The van der Waals surface area contributed by atoms with E-state index in [0.717, 1.165) is 73.2 Å². The summed E-state index contributed by atoms with van der Waals surface area (Å²) in [6, 6.07) is 87.5. The fourth-order valence-electron chi connectivity index (χ4n) is 10.3. The summed E-state index contributed by atoms with van der Waals surface area (Å²) in [5.74, 6) is 1.77. The largest absolute Gasteiger partial charge is 0.458 e. The third-order valence-corrected chi connectivity index (χ3v) is 13.2. The number of hydrogen-bond acceptors (Lipinski definition) is 3. The molecule has 2 aliphatic heterocycles. The molecule has 0 fully saturated rings. The average molecular weight is 830 g/mol. The smallest absolute Gasteiger partial charge is 0.256 e. The quantitative estimate of drug-likeness (QED) is 0.149. The van der Waals surface area contributed by atoms with E-state index in [1.54, 1.807) is 0 Å². The van der Waals surface area contributed by atoms with Gasteiger partial charge >= 0.3 is 0 Å². The van der Waals surface area contributed by atoms with Crippen molar-refractivity contribution in [3.63, 3.8) is 0 Å². The average Bonchev–Trinajstić information content (AvgIpc) is 3.69. The highest BCUT2D eigenvalue weighted by Crippen LogP contribution is 2.45. The first-order valence-corrected chi connectivity index (χ1v) is 22.3. The zero-order valence-electron chi connectivity index (χ0n) is 35.4. The number of fused-ring (bicyclic) bond motifs is 7. The molecule has 0 amide bonds. The molecule has 13 rings (SSSR count). The number of ether oxygens (including phenoxy) is 1. The van der Waals surface area contributed by atoms with E-state index in [0.29, 0.717) is 0 Å². The van der Waals surface area contributed by atoms with Gasteiger partial charge in [-0.1, -0.05) is 152 Å². The highest BCUT2D eigenvalue weighted by molar-refractivity contribution is 6.99. The van der Waals surface area contributed by atoms with Crippen LogP contribution in [0.5, 0.6) is 11.5 Å². The first kappa shape index (κ1) is 37.1. The highest BCUT2D eigenvalue weighted by atomic mass is 16.5. The monoisotopic (exact) mass is 829 g/mol. The Balaban J connectivity index is 1.04.